The number of aliphatic hydroxyl groups is 2. The van der Waals surface area contributed by atoms with Gasteiger partial charge in [0.2, 0.25) is 10.6 Å². The first-order valence-corrected chi connectivity index (χ1v) is 27.5. The molecular formula is C58H54Cl2N20O6. The highest BCUT2D eigenvalue weighted by Gasteiger charge is 2.16. The van der Waals surface area contributed by atoms with E-state index in [4.69, 9.17) is 51.1 Å². The summed E-state index contributed by atoms with van der Waals surface area (Å²) in [5.41, 5.74) is 6.50. The summed E-state index contributed by atoms with van der Waals surface area (Å²) in [5, 5.41) is 33.0. The number of aliphatic hydroxyl groups excluding tert-OH is 2. The standard InChI is InChI=1S/C16H13ClN6O.C16H14N6O.C13H13ClN4O2.C13H14N4O2/c17-16-21-14(19-8-12-4-2-6-24-12)13-15(22-16)23(10-20-13)9-11-3-1-5-18-7-11;1-3-12(7-17-5-1)9-22-11-21-14-15(19-10-20-16(14)22)18-8-13-4-2-6-23-13;14-13-16-11(15-8-9-2-1-7-20-9)10-3-4-18(5-6-19)12(10)17-13;18-6-5-17-4-3-11-12(15-9-16-13(11)17)14-8-10-2-1-7-19-10/h1-7,10H,8-9H2,(H,19,21,22);1-7,10-11H,8-9H2,(H,18,19,20);1-4,7,19H,5-6,8H2,(H,15,16,17);1-4,7,9,18H,5-6,8H2,(H,14,15,16). The Labute approximate surface area is 498 Å². The highest BCUT2D eigenvalue weighted by molar-refractivity contribution is 6.29. The zero-order valence-electron chi connectivity index (χ0n) is 45.7. The second kappa shape index (κ2) is 28.2. The van der Waals surface area contributed by atoms with Crippen LogP contribution in [0.1, 0.15) is 34.2 Å². The third-order valence-electron chi connectivity index (χ3n) is 12.9. The molecule has 0 aliphatic carbocycles. The van der Waals surface area contributed by atoms with Crippen molar-refractivity contribution in [1.29, 1.82) is 0 Å². The zero-order chi connectivity index (χ0) is 58.9. The molecule has 0 amide bonds. The Morgan fingerprint density at radius 1 is 0.419 bits per heavy atom. The molecule has 26 nitrogen and oxygen atoms in total. The van der Waals surface area contributed by atoms with Gasteiger partial charge in [0.15, 0.2) is 28.4 Å². The lowest BCUT2D eigenvalue weighted by Gasteiger charge is -2.07. The third kappa shape index (κ3) is 14.4. The Balaban J connectivity index is 0.000000120. The fourth-order valence-corrected chi connectivity index (χ4v) is 9.22. The lowest BCUT2D eigenvalue weighted by molar-refractivity contribution is 0.277. The lowest BCUT2D eigenvalue weighted by Crippen LogP contribution is -2.05. The van der Waals surface area contributed by atoms with Gasteiger partial charge in [0.25, 0.3) is 0 Å². The number of nitrogens with one attached hydrogen (secondary N) is 4. The molecule has 0 unspecified atom stereocenters. The van der Waals surface area contributed by atoms with E-state index >= 15 is 0 Å². The number of aromatic nitrogens is 16. The number of anilines is 4. The van der Waals surface area contributed by atoms with Crippen molar-refractivity contribution in [2.45, 2.75) is 52.4 Å². The summed E-state index contributed by atoms with van der Waals surface area (Å²) < 4.78 is 28.8. The molecule has 0 spiro atoms. The number of hydrogen-bond acceptors (Lipinski definition) is 22. The van der Waals surface area contributed by atoms with Gasteiger partial charge in [0, 0.05) is 50.3 Å². The second-order valence-corrected chi connectivity index (χ2v) is 19.3. The summed E-state index contributed by atoms with van der Waals surface area (Å²) in [7, 11) is 0. The summed E-state index contributed by atoms with van der Waals surface area (Å²) in [4.78, 5) is 51.2. The lowest BCUT2D eigenvalue weighted by atomic mass is 10.3. The second-order valence-electron chi connectivity index (χ2n) is 18.6. The fourth-order valence-electron chi connectivity index (χ4n) is 8.89. The number of rotatable bonds is 20. The minimum absolute atomic E-state index is 0.0422. The van der Waals surface area contributed by atoms with Crippen molar-refractivity contribution < 1.29 is 27.9 Å². The van der Waals surface area contributed by atoms with Crippen molar-refractivity contribution in [3.8, 4) is 0 Å². The molecule has 436 valence electrons. The van der Waals surface area contributed by atoms with Crippen LogP contribution in [0.15, 0.2) is 190 Å². The molecule has 0 atom stereocenters. The van der Waals surface area contributed by atoms with Crippen molar-refractivity contribution in [3.63, 3.8) is 0 Å². The first-order valence-electron chi connectivity index (χ1n) is 26.8. The van der Waals surface area contributed by atoms with Crippen molar-refractivity contribution in [2.75, 3.05) is 34.5 Å². The molecule has 0 saturated carbocycles. The Hall–Kier alpha value is -10.5. The summed E-state index contributed by atoms with van der Waals surface area (Å²) in [5.74, 6) is 5.97. The number of halogens is 2. The van der Waals surface area contributed by atoms with Gasteiger partial charge in [-0.25, -0.2) is 34.9 Å². The Morgan fingerprint density at radius 2 is 0.860 bits per heavy atom. The van der Waals surface area contributed by atoms with Crippen LogP contribution >= 0.6 is 23.2 Å². The normalized spacial score (nSPS) is 11.0. The first kappa shape index (κ1) is 57.3. The van der Waals surface area contributed by atoms with Gasteiger partial charge < -0.3 is 67.4 Å². The van der Waals surface area contributed by atoms with E-state index in [0.717, 1.165) is 67.6 Å². The van der Waals surface area contributed by atoms with Gasteiger partial charge in [-0.2, -0.15) is 15.0 Å². The highest BCUT2D eigenvalue weighted by atomic mass is 35.5. The molecule has 0 fully saturated rings. The molecule has 0 bridgehead atoms. The van der Waals surface area contributed by atoms with Gasteiger partial charge in [0.05, 0.1) is 101 Å². The number of fused-ring (bicyclic) bond motifs is 4. The summed E-state index contributed by atoms with van der Waals surface area (Å²) in [6.45, 7) is 4.52. The van der Waals surface area contributed by atoms with Crippen LogP contribution in [-0.4, -0.2) is 102 Å². The number of nitrogens with zero attached hydrogens (tertiary/aromatic N) is 16. The predicted molar refractivity (Wildman–Crippen MR) is 321 cm³/mol. The van der Waals surface area contributed by atoms with E-state index < -0.39 is 0 Å². The van der Waals surface area contributed by atoms with E-state index in [0.29, 0.717) is 86.6 Å². The quantitative estimate of drug-likeness (QED) is 0.0387. The minimum Gasteiger partial charge on any atom is -0.467 e. The average molecular weight is 1200 g/mol. The number of pyridine rings is 2. The molecule has 0 aromatic carbocycles. The Bertz CT molecular complexity index is 4330. The van der Waals surface area contributed by atoms with Crippen LogP contribution in [0.4, 0.5) is 23.3 Å². The maximum Gasteiger partial charge on any atom is 0.226 e. The molecule has 86 heavy (non-hydrogen) atoms. The van der Waals surface area contributed by atoms with E-state index in [-0.39, 0.29) is 23.8 Å². The average Bonchev–Trinajstić information content (AvgIpc) is 4.30. The van der Waals surface area contributed by atoms with Crippen molar-refractivity contribution in [3.05, 3.63) is 217 Å². The van der Waals surface area contributed by atoms with E-state index in [9.17, 15) is 0 Å². The van der Waals surface area contributed by atoms with Gasteiger partial charge >= 0.3 is 0 Å². The van der Waals surface area contributed by atoms with E-state index in [1.165, 1.54) is 12.7 Å². The number of imidazole rings is 2. The van der Waals surface area contributed by atoms with E-state index in [2.05, 4.69) is 81.1 Å². The van der Waals surface area contributed by atoms with Crippen LogP contribution in [0.25, 0.3) is 44.4 Å². The van der Waals surface area contributed by atoms with Crippen LogP contribution in [0.2, 0.25) is 10.6 Å². The fraction of sp³-hybridized carbons (Fsp3) is 0.172. The van der Waals surface area contributed by atoms with E-state index in [1.807, 2.05) is 128 Å². The molecule has 0 radical (unpaired) electrons. The third-order valence-corrected chi connectivity index (χ3v) is 13.2. The van der Waals surface area contributed by atoms with Gasteiger partial charge in [-0.05, 0) is 107 Å². The first-order chi connectivity index (χ1) is 42.3. The Kier molecular flexibility index (Phi) is 18.8. The molecule has 6 N–H and O–H groups in total. The maximum atomic E-state index is 9.04. The summed E-state index contributed by atoms with van der Waals surface area (Å²) in [6, 6.07) is 26.6. The topological polar surface area (TPSA) is 316 Å². The molecule has 0 aliphatic heterocycles. The van der Waals surface area contributed by atoms with Crippen molar-refractivity contribution in [1.82, 2.24) is 78.1 Å². The SMILES string of the molecule is Clc1nc(NCc2ccco2)c2ncn(Cc3cccnc3)c2n1.OCCn1ccc2c(NCc3ccco3)nc(Cl)nc21.OCCn1ccc2c(NCc3ccco3)ncnc21.c1cncc(Cn2cnc3c(NCc4ccco4)ncnc32)c1. The molecule has 0 aliphatic rings. The maximum absolute atomic E-state index is 9.04. The number of hydrogen-bond donors (Lipinski definition) is 6. The number of furan rings is 4. The van der Waals surface area contributed by atoms with Crippen LogP contribution in [-0.2, 0) is 52.4 Å². The van der Waals surface area contributed by atoms with Crippen molar-refractivity contribution >= 4 is 90.9 Å². The zero-order valence-corrected chi connectivity index (χ0v) is 47.2. The van der Waals surface area contributed by atoms with Crippen LogP contribution in [0.5, 0.6) is 0 Å². The largest absolute Gasteiger partial charge is 0.467 e. The van der Waals surface area contributed by atoms with Gasteiger partial charge in [-0.1, -0.05) is 12.1 Å². The molecule has 14 rings (SSSR count). The summed E-state index contributed by atoms with van der Waals surface area (Å²) in [6.07, 6.45) is 24.0. The molecule has 0 saturated heterocycles. The molecular weight excluding hydrogens is 1140 g/mol. The minimum atomic E-state index is 0.0422. The monoisotopic (exact) mass is 1200 g/mol. The summed E-state index contributed by atoms with van der Waals surface area (Å²) >= 11 is 12.0. The van der Waals surface area contributed by atoms with Crippen LogP contribution < -0.4 is 21.3 Å². The highest BCUT2D eigenvalue weighted by Crippen LogP contribution is 2.26. The smallest absolute Gasteiger partial charge is 0.226 e. The van der Waals surface area contributed by atoms with Crippen LogP contribution in [0, 0.1) is 0 Å². The van der Waals surface area contributed by atoms with Crippen LogP contribution in [0.3, 0.4) is 0 Å². The van der Waals surface area contributed by atoms with E-state index in [1.54, 1.807) is 50.1 Å². The molecule has 14 aromatic heterocycles. The molecule has 14 heterocycles. The van der Waals surface area contributed by atoms with Gasteiger partial charge in [-0.3, -0.25) is 9.97 Å². The molecule has 14 aromatic rings. The van der Waals surface area contributed by atoms with Gasteiger partial charge in [-0.15, -0.1) is 0 Å². The Morgan fingerprint density at radius 3 is 1.37 bits per heavy atom. The predicted octanol–water partition coefficient (Wildman–Crippen LogP) is 9.51. The van der Waals surface area contributed by atoms with Gasteiger partial charge in [0.1, 0.15) is 64.1 Å². The van der Waals surface area contributed by atoms with Crippen molar-refractivity contribution in [2.24, 2.45) is 0 Å². The molecule has 28 heteroatoms.